The van der Waals surface area contributed by atoms with Crippen molar-refractivity contribution >= 4 is 10.8 Å². The number of nitrogens with two attached hydrogens (primary N) is 1. The predicted octanol–water partition coefficient (Wildman–Crippen LogP) is 3.56. The van der Waals surface area contributed by atoms with Crippen LogP contribution in [-0.2, 0) is 13.2 Å². The van der Waals surface area contributed by atoms with Crippen LogP contribution < -0.4 is 10.5 Å². The molecule has 1 aliphatic heterocycles. The smallest absolute Gasteiger partial charge is 0.119 e. The average Bonchev–Trinajstić information content (AvgIpc) is 2.59. The first-order chi connectivity index (χ1) is 11.8. The standard InChI is InChI=1S/C21H22N2O/c22-20-13-23(14-20)12-16-6-9-21(10-7-16)24-15-17-5-8-18-3-1-2-4-19(18)11-17/h1-11,20H,12-15,22H2. The van der Waals surface area contributed by atoms with Crippen molar-refractivity contribution in [1.82, 2.24) is 4.90 Å². The van der Waals surface area contributed by atoms with Crippen LogP contribution in [0.4, 0.5) is 0 Å². The van der Waals surface area contributed by atoms with Gasteiger partial charge in [-0.3, -0.25) is 4.90 Å². The normalized spacial score (nSPS) is 15.4. The molecular weight excluding hydrogens is 296 g/mol. The second-order valence-electron chi connectivity index (χ2n) is 6.57. The van der Waals surface area contributed by atoms with E-state index in [1.54, 1.807) is 0 Å². The molecule has 0 bridgehead atoms. The molecule has 1 aliphatic rings. The Morgan fingerprint density at radius 1 is 0.875 bits per heavy atom. The minimum absolute atomic E-state index is 0.356. The summed E-state index contributed by atoms with van der Waals surface area (Å²) in [6.45, 7) is 3.56. The van der Waals surface area contributed by atoms with Gasteiger partial charge in [-0.15, -0.1) is 0 Å². The van der Waals surface area contributed by atoms with Crippen molar-refractivity contribution < 1.29 is 4.74 Å². The summed E-state index contributed by atoms with van der Waals surface area (Å²) in [6.07, 6.45) is 0. The van der Waals surface area contributed by atoms with E-state index in [0.717, 1.165) is 25.4 Å². The number of hydrogen-bond acceptors (Lipinski definition) is 3. The van der Waals surface area contributed by atoms with E-state index in [-0.39, 0.29) is 0 Å². The molecule has 0 atom stereocenters. The molecule has 0 aromatic heterocycles. The lowest BCUT2D eigenvalue weighted by molar-refractivity contribution is 0.142. The van der Waals surface area contributed by atoms with E-state index in [1.165, 1.54) is 21.9 Å². The largest absolute Gasteiger partial charge is 0.489 e. The highest BCUT2D eigenvalue weighted by Crippen LogP contribution is 2.19. The molecule has 0 aliphatic carbocycles. The Kier molecular flexibility index (Phi) is 4.20. The van der Waals surface area contributed by atoms with Gasteiger partial charge >= 0.3 is 0 Å². The van der Waals surface area contributed by atoms with E-state index in [1.807, 2.05) is 0 Å². The molecule has 122 valence electrons. The molecule has 4 rings (SSSR count). The van der Waals surface area contributed by atoms with Crippen LogP contribution in [0.2, 0.25) is 0 Å². The van der Waals surface area contributed by atoms with E-state index < -0.39 is 0 Å². The van der Waals surface area contributed by atoms with Gasteiger partial charge in [0.2, 0.25) is 0 Å². The van der Waals surface area contributed by atoms with Gasteiger partial charge in [-0.2, -0.15) is 0 Å². The van der Waals surface area contributed by atoms with Gasteiger partial charge in [0.05, 0.1) is 0 Å². The number of benzene rings is 3. The summed E-state index contributed by atoms with van der Waals surface area (Å²) in [4.78, 5) is 2.36. The minimum atomic E-state index is 0.356. The van der Waals surface area contributed by atoms with E-state index in [9.17, 15) is 0 Å². The summed E-state index contributed by atoms with van der Waals surface area (Å²) >= 11 is 0. The summed E-state index contributed by atoms with van der Waals surface area (Å²) in [7, 11) is 0. The lowest BCUT2D eigenvalue weighted by atomic mass is 10.1. The van der Waals surface area contributed by atoms with Crippen molar-refractivity contribution in [3.05, 3.63) is 77.9 Å². The fraction of sp³-hybridized carbons (Fsp3) is 0.238. The van der Waals surface area contributed by atoms with Crippen LogP contribution in [0.25, 0.3) is 10.8 Å². The molecule has 1 fully saturated rings. The Morgan fingerprint density at radius 2 is 1.58 bits per heavy atom. The third-order valence-electron chi connectivity index (χ3n) is 4.53. The van der Waals surface area contributed by atoms with Gasteiger partial charge in [-0.05, 0) is 40.1 Å². The molecule has 0 unspecified atom stereocenters. The summed E-state index contributed by atoms with van der Waals surface area (Å²) in [5, 5.41) is 2.51. The maximum absolute atomic E-state index is 5.92. The number of likely N-dealkylation sites (tertiary alicyclic amines) is 1. The average molecular weight is 318 g/mol. The molecule has 2 N–H and O–H groups in total. The van der Waals surface area contributed by atoms with Gasteiger partial charge in [-0.1, -0.05) is 48.5 Å². The summed E-state index contributed by atoms with van der Waals surface area (Å²) < 4.78 is 5.92. The Bertz CT molecular complexity index is 823. The number of hydrogen-bond donors (Lipinski definition) is 1. The highest BCUT2D eigenvalue weighted by molar-refractivity contribution is 5.82. The van der Waals surface area contributed by atoms with Crippen LogP contribution in [0.5, 0.6) is 5.75 Å². The Labute approximate surface area is 142 Å². The van der Waals surface area contributed by atoms with Crippen molar-refractivity contribution in [2.75, 3.05) is 13.1 Å². The van der Waals surface area contributed by atoms with Crippen molar-refractivity contribution in [3.63, 3.8) is 0 Å². The second kappa shape index (κ2) is 6.63. The molecule has 3 heteroatoms. The van der Waals surface area contributed by atoms with Crippen LogP contribution in [0.15, 0.2) is 66.7 Å². The Balaban J connectivity index is 1.36. The van der Waals surface area contributed by atoms with Crippen molar-refractivity contribution in [1.29, 1.82) is 0 Å². The van der Waals surface area contributed by atoms with E-state index in [0.29, 0.717) is 12.6 Å². The molecule has 0 spiro atoms. The van der Waals surface area contributed by atoms with Gasteiger partial charge < -0.3 is 10.5 Å². The zero-order valence-corrected chi connectivity index (χ0v) is 13.7. The summed E-state index contributed by atoms with van der Waals surface area (Å²) in [5.74, 6) is 0.909. The first kappa shape index (κ1) is 15.2. The topological polar surface area (TPSA) is 38.5 Å². The monoisotopic (exact) mass is 318 g/mol. The molecule has 0 amide bonds. The van der Waals surface area contributed by atoms with Gasteiger partial charge in [-0.25, -0.2) is 0 Å². The number of fused-ring (bicyclic) bond motifs is 1. The molecule has 24 heavy (non-hydrogen) atoms. The maximum Gasteiger partial charge on any atom is 0.119 e. The number of ether oxygens (including phenoxy) is 1. The fourth-order valence-corrected chi connectivity index (χ4v) is 3.18. The van der Waals surface area contributed by atoms with Gasteiger partial charge in [0.25, 0.3) is 0 Å². The first-order valence-electron chi connectivity index (χ1n) is 8.44. The molecule has 1 saturated heterocycles. The minimum Gasteiger partial charge on any atom is -0.489 e. The predicted molar refractivity (Wildman–Crippen MR) is 98.0 cm³/mol. The molecule has 0 saturated carbocycles. The highest BCUT2D eigenvalue weighted by atomic mass is 16.5. The molecule has 3 aromatic carbocycles. The van der Waals surface area contributed by atoms with E-state index in [4.69, 9.17) is 10.5 Å². The van der Waals surface area contributed by atoms with Crippen LogP contribution in [0, 0.1) is 0 Å². The van der Waals surface area contributed by atoms with Crippen LogP contribution in [0.1, 0.15) is 11.1 Å². The SMILES string of the molecule is NC1CN(Cc2ccc(OCc3ccc4ccccc4c3)cc2)C1. The van der Waals surface area contributed by atoms with Crippen molar-refractivity contribution in [3.8, 4) is 5.75 Å². The molecule has 1 heterocycles. The Hall–Kier alpha value is -2.36. The second-order valence-corrected chi connectivity index (χ2v) is 6.57. The third kappa shape index (κ3) is 3.42. The van der Waals surface area contributed by atoms with Crippen LogP contribution in [-0.4, -0.2) is 24.0 Å². The summed E-state index contributed by atoms with van der Waals surface area (Å²) in [6, 6.07) is 23.6. The lowest BCUT2D eigenvalue weighted by Gasteiger charge is -2.36. The quantitative estimate of drug-likeness (QED) is 0.782. The third-order valence-corrected chi connectivity index (χ3v) is 4.53. The van der Waals surface area contributed by atoms with Crippen molar-refractivity contribution in [2.45, 2.75) is 19.2 Å². The van der Waals surface area contributed by atoms with Gasteiger partial charge in [0.1, 0.15) is 12.4 Å². The van der Waals surface area contributed by atoms with E-state index in [2.05, 4.69) is 71.6 Å². The molecular formula is C21H22N2O. The zero-order chi connectivity index (χ0) is 16.4. The Morgan fingerprint density at radius 3 is 2.33 bits per heavy atom. The zero-order valence-electron chi connectivity index (χ0n) is 13.7. The van der Waals surface area contributed by atoms with Gasteiger partial charge in [0.15, 0.2) is 0 Å². The van der Waals surface area contributed by atoms with Gasteiger partial charge in [0, 0.05) is 25.7 Å². The fourth-order valence-electron chi connectivity index (χ4n) is 3.18. The van der Waals surface area contributed by atoms with Crippen LogP contribution in [0.3, 0.4) is 0 Å². The molecule has 0 radical (unpaired) electrons. The highest BCUT2D eigenvalue weighted by Gasteiger charge is 2.22. The lowest BCUT2D eigenvalue weighted by Crippen LogP contribution is -2.54. The number of rotatable bonds is 5. The molecule has 3 aromatic rings. The number of nitrogens with zero attached hydrogens (tertiary/aromatic N) is 1. The van der Waals surface area contributed by atoms with Crippen molar-refractivity contribution in [2.24, 2.45) is 5.73 Å². The van der Waals surface area contributed by atoms with E-state index >= 15 is 0 Å². The summed E-state index contributed by atoms with van der Waals surface area (Å²) in [5.41, 5.74) is 8.31. The van der Waals surface area contributed by atoms with Crippen LogP contribution >= 0.6 is 0 Å². The first-order valence-corrected chi connectivity index (χ1v) is 8.44. The maximum atomic E-state index is 5.92. The molecule has 3 nitrogen and oxygen atoms in total.